The summed E-state index contributed by atoms with van der Waals surface area (Å²) in [5.41, 5.74) is 2.01. The Hall–Kier alpha value is -2.56. The van der Waals surface area contributed by atoms with Crippen LogP contribution in [0.1, 0.15) is 12.2 Å². The van der Waals surface area contributed by atoms with E-state index in [4.69, 9.17) is 21.3 Å². The van der Waals surface area contributed by atoms with Crippen LogP contribution in [0.4, 0.5) is 0 Å². The van der Waals surface area contributed by atoms with Crippen molar-refractivity contribution in [3.05, 3.63) is 71.5 Å². The molecular weight excluding hydrogens is 370 g/mol. The maximum absolute atomic E-state index is 6.21. The molecule has 0 spiro atoms. The van der Waals surface area contributed by atoms with Crippen molar-refractivity contribution in [1.29, 1.82) is 0 Å². The van der Waals surface area contributed by atoms with Crippen molar-refractivity contribution in [2.75, 3.05) is 20.6 Å². The maximum atomic E-state index is 6.21. The standard InChI is InChI=1S/C23H24ClN3O/c1-26(2)13-6-14-27-21-12-11-18(24)15-20(21)25-23(27)16-28-22-10-5-8-17-7-3-4-9-19(17)22/h3-5,7-12,15H,6,13-14,16H2,1-2H3. The topological polar surface area (TPSA) is 30.3 Å². The van der Waals surface area contributed by atoms with Gasteiger partial charge in [0.05, 0.1) is 11.0 Å². The summed E-state index contributed by atoms with van der Waals surface area (Å²) < 4.78 is 8.46. The maximum Gasteiger partial charge on any atom is 0.148 e. The molecule has 0 aliphatic rings. The zero-order valence-corrected chi connectivity index (χ0v) is 17.0. The molecule has 0 unspecified atom stereocenters. The number of hydrogen-bond acceptors (Lipinski definition) is 3. The Morgan fingerprint density at radius 1 is 1.04 bits per heavy atom. The second-order valence-corrected chi connectivity index (χ2v) is 7.67. The second-order valence-electron chi connectivity index (χ2n) is 7.24. The first-order valence-corrected chi connectivity index (χ1v) is 9.89. The minimum Gasteiger partial charge on any atom is -0.485 e. The molecule has 0 saturated carbocycles. The third-order valence-electron chi connectivity index (χ3n) is 4.88. The molecule has 5 heteroatoms. The first-order valence-electron chi connectivity index (χ1n) is 9.52. The van der Waals surface area contributed by atoms with Crippen molar-refractivity contribution in [2.24, 2.45) is 0 Å². The van der Waals surface area contributed by atoms with E-state index in [9.17, 15) is 0 Å². The number of hydrogen-bond donors (Lipinski definition) is 0. The number of halogens is 1. The van der Waals surface area contributed by atoms with Crippen molar-refractivity contribution in [3.8, 4) is 5.75 Å². The van der Waals surface area contributed by atoms with Crippen LogP contribution in [0.5, 0.6) is 5.75 Å². The molecule has 0 aliphatic carbocycles. The van der Waals surface area contributed by atoms with E-state index in [0.29, 0.717) is 11.6 Å². The highest BCUT2D eigenvalue weighted by molar-refractivity contribution is 6.31. The lowest BCUT2D eigenvalue weighted by molar-refractivity contribution is 0.291. The van der Waals surface area contributed by atoms with Crippen LogP contribution in [0.25, 0.3) is 21.8 Å². The Labute approximate surface area is 170 Å². The van der Waals surface area contributed by atoms with E-state index in [1.807, 2.05) is 42.5 Å². The first-order chi connectivity index (χ1) is 13.6. The Bertz CT molecular complexity index is 1100. The van der Waals surface area contributed by atoms with Crippen molar-refractivity contribution < 1.29 is 4.74 Å². The van der Waals surface area contributed by atoms with Gasteiger partial charge in [0.15, 0.2) is 0 Å². The molecule has 0 fully saturated rings. The van der Waals surface area contributed by atoms with E-state index >= 15 is 0 Å². The van der Waals surface area contributed by atoms with E-state index in [-0.39, 0.29) is 0 Å². The van der Waals surface area contributed by atoms with Gasteiger partial charge in [-0.25, -0.2) is 4.98 Å². The Morgan fingerprint density at radius 2 is 1.86 bits per heavy atom. The summed E-state index contributed by atoms with van der Waals surface area (Å²) in [6.07, 6.45) is 1.04. The molecule has 1 aromatic heterocycles. The van der Waals surface area contributed by atoms with Crippen molar-refractivity contribution >= 4 is 33.4 Å². The van der Waals surface area contributed by atoms with E-state index in [1.165, 1.54) is 5.39 Å². The van der Waals surface area contributed by atoms with Gasteiger partial charge in [-0.15, -0.1) is 0 Å². The smallest absolute Gasteiger partial charge is 0.148 e. The lowest BCUT2D eigenvalue weighted by Crippen LogP contribution is -2.16. The van der Waals surface area contributed by atoms with Crippen LogP contribution in [0.15, 0.2) is 60.7 Å². The first kappa shape index (κ1) is 18.8. The number of imidazole rings is 1. The van der Waals surface area contributed by atoms with Gasteiger partial charge in [0.1, 0.15) is 18.2 Å². The van der Waals surface area contributed by atoms with Crippen LogP contribution in [-0.2, 0) is 13.2 Å². The van der Waals surface area contributed by atoms with Crippen LogP contribution < -0.4 is 4.74 Å². The van der Waals surface area contributed by atoms with E-state index in [0.717, 1.165) is 47.5 Å². The molecule has 144 valence electrons. The molecule has 0 radical (unpaired) electrons. The molecule has 0 atom stereocenters. The van der Waals surface area contributed by atoms with Crippen LogP contribution in [0, 0.1) is 0 Å². The van der Waals surface area contributed by atoms with Crippen LogP contribution >= 0.6 is 11.6 Å². The molecule has 0 amide bonds. The summed E-state index contributed by atoms with van der Waals surface area (Å²) in [4.78, 5) is 7.00. The van der Waals surface area contributed by atoms with Gasteiger partial charge in [-0.3, -0.25) is 0 Å². The van der Waals surface area contributed by atoms with Gasteiger partial charge >= 0.3 is 0 Å². The van der Waals surface area contributed by atoms with E-state index in [2.05, 4.69) is 41.8 Å². The van der Waals surface area contributed by atoms with Gasteiger partial charge in [-0.05, 0) is 56.7 Å². The SMILES string of the molecule is CN(C)CCCn1c(COc2cccc3ccccc23)nc2cc(Cl)ccc21. The molecule has 1 heterocycles. The summed E-state index contributed by atoms with van der Waals surface area (Å²) >= 11 is 6.18. The van der Waals surface area contributed by atoms with Crippen LogP contribution in [0.3, 0.4) is 0 Å². The molecule has 4 nitrogen and oxygen atoms in total. The highest BCUT2D eigenvalue weighted by atomic mass is 35.5. The Kier molecular flexibility index (Phi) is 5.51. The summed E-state index contributed by atoms with van der Waals surface area (Å²) in [6, 6.07) is 20.3. The number of aryl methyl sites for hydroxylation is 1. The highest BCUT2D eigenvalue weighted by Gasteiger charge is 2.13. The normalized spacial score (nSPS) is 11.6. The Morgan fingerprint density at radius 3 is 2.71 bits per heavy atom. The Balaban J connectivity index is 1.63. The third kappa shape index (κ3) is 3.98. The van der Waals surface area contributed by atoms with Gasteiger partial charge in [0.25, 0.3) is 0 Å². The molecule has 0 bridgehead atoms. The van der Waals surface area contributed by atoms with Crippen molar-refractivity contribution in [3.63, 3.8) is 0 Å². The zero-order valence-electron chi connectivity index (χ0n) is 16.2. The molecule has 4 rings (SSSR count). The van der Waals surface area contributed by atoms with Gasteiger partial charge < -0.3 is 14.2 Å². The largest absolute Gasteiger partial charge is 0.485 e. The highest BCUT2D eigenvalue weighted by Crippen LogP contribution is 2.27. The molecule has 4 aromatic rings. The fraction of sp³-hybridized carbons (Fsp3) is 0.261. The zero-order chi connectivity index (χ0) is 19.5. The van der Waals surface area contributed by atoms with Crippen molar-refractivity contribution in [1.82, 2.24) is 14.5 Å². The summed E-state index contributed by atoms with van der Waals surface area (Å²) in [7, 11) is 4.19. The average molecular weight is 394 g/mol. The second kappa shape index (κ2) is 8.21. The average Bonchev–Trinajstić information content (AvgIpc) is 3.02. The van der Waals surface area contributed by atoms with Gasteiger partial charge in [0, 0.05) is 17.0 Å². The summed E-state index contributed by atoms with van der Waals surface area (Å²) in [5, 5.41) is 2.99. The number of rotatable bonds is 7. The van der Waals surface area contributed by atoms with Gasteiger partial charge in [-0.1, -0.05) is 48.0 Å². The number of benzene rings is 3. The predicted octanol–water partition coefficient (Wildman–Crippen LogP) is 5.37. The molecule has 0 saturated heterocycles. The number of nitrogens with zero attached hydrogens (tertiary/aromatic N) is 3. The number of ether oxygens (including phenoxy) is 1. The molecular formula is C23H24ClN3O. The summed E-state index contributed by atoms with van der Waals surface area (Å²) in [6.45, 7) is 2.34. The van der Waals surface area contributed by atoms with Gasteiger partial charge in [0.2, 0.25) is 0 Å². The molecule has 0 N–H and O–H groups in total. The number of aromatic nitrogens is 2. The van der Waals surface area contributed by atoms with Crippen LogP contribution in [-0.4, -0.2) is 35.1 Å². The van der Waals surface area contributed by atoms with E-state index < -0.39 is 0 Å². The molecule has 3 aromatic carbocycles. The molecule has 28 heavy (non-hydrogen) atoms. The predicted molar refractivity (Wildman–Crippen MR) is 116 cm³/mol. The third-order valence-corrected chi connectivity index (χ3v) is 5.12. The number of fused-ring (bicyclic) bond motifs is 2. The monoisotopic (exact) mass is 393 g/mol. The molecule has 0 aliphatic heterocycles. The summed E-state index contributed by atoms with van der Waals surface area (Å²) in [5.74, 6) is 1.80. The van der Waals surface area contributed by atoms with E-state index in [1.54, 1.807) is 0 Å². The minimum absolute atomic E-state index is 0.419. The fourth-order valence-corrected chi connectivity index (χ4v) is 3.69. The van der Waals surface area contributed by atoms with Gasteiger partial charge in [-0.2, -0.15) is 0 Å². The van der Waals surface area contributed by atoms with Crippen molar-refractivity contribution in [2.45, 2.75) is 19.6 Å². The quantitative estimate of drug-likeness (QED) is 0.422. The lowest BCUT2D eigenvalue weighted by Gasteiger charge is -2.13. The van der Waals surface area contributed by atoms with Crippen LogP contribution in [0.2, 0.25) is 5.02 Å². The minimum atomic E-state index is 0.419. The fourth-order valence-electron chi connectivity index (χ4n) is 3.52. The lowest BCUT2D eigenvalue weighted by atomic mass is 10.1.